The van der Waals surface area contributed by atoms with Crippen LogP contribution in [0.5, 0.6) is 11.5 Å². The number of hydrogen-bond donors (Lipinski definition) is 1. The van der Waals surface area contributed by atoms with Gasteiger partial charge in [-0.15, -0.1) is 0 Å². The second-order valence-corrected chi connectivity index (χ2v) is 12.2. The molecule has 9 nitrogen and oxygen atoms in total. The molecule has 3 aromatic rings. The number of nitrogens with zero attached hydrogens (tertiary/aromatic N) is 1. The summed E-state index contributed by atoms with van der Waals surface area (Å²) in [4.78, 5) is 13.3. The Morgan fingerprint density at radius 3 is 2.39 bits per heavy atom. The van der Waals surface area contributed by atoms with Gasteiger partial charge in [-0.05, 0) is 67.1 Å². The first-order valence-corrected chi connectivity index (χ1v) is 15.0. The molecule has 0 bridgehead atoms. The Morgan fingerprint density at radius 2 is 1.80 bits per heavy atom. The van der Waals surface area contributed by atoms with Crippen LogP contribution in [-0.4, -0.2) is 33.9 Å². The zero-order chi connectivity index (χ0) is 29.9. The number of aryl methyl sites for hydroxylation is 1. The Balaban J connectivity index is 1.68. The predicted molar refractivity (Wildman–Crippen MR) is 148 cm³/mol. The minimum atomic E-state index is -3.54. The number of anilines is 1. The van der Waals surface area contributed by atoms with Gasteiger partial charge in [0.15, 0.2) is 23.9 Å². The van der Waals surface area contributed by atoms with Crippen molar-refractivity contribution in [3.05, 3.63) is 86.3 Å². The zero-order valence-electron chi connectivity index (χ0n) is 21.9. The molecule has 0 radical (unpaired) electrons. The highest BCUT2D eigenvalue weighted by atomic mass is 35.5. The molecule has 1 fully saturated rings. The Morgan fingerprint density at radius 1 is 1.12 bits per heavy atom. The summed E-state index contributed by atoms with van der Waals surface area (Å²) in [6.45, 7) is -1.16. The highest BCUT2D eigenvalue weighted by Crippen LogP contribution is 2.38. The molecule has 1 aromatic heterocycles. The molecule has 14 heteroatoms. The van der Waals surface area contributed by atoms with Gasteiger partial charge in [0.2, 0.25) is 10.0 Å². The van der Waals surface area contributed by atoms with Crippen molar-refractivity contribution in [2.24, 2.45) is 5.92 Å². The molecule has 1 N–H and O–H groups in total. The third kappa shape index (κ3) is 8.57. The maximum atomic E-state index is 13.3. The van der Waals surface area contributed by atoms with Crippen LogP contribution in [0.2, 0.25) is 10.0 Å². The van der Waals surface area contributed by atoms with E-state index in [0.29, 0.717) is 39.6 Å². The summed E-state index contributed by atoms with van der Waals surface area (Å²) < 4.78 is 68.4. The lowest BCUT2D eigenvalue weighted by atomic mass is 10.0. The summed E-state index contributed by atoms with van der Waals surface area (Å²) in [7, 11) is -3.54. The number of esters is 1. The average molecular weight is 631 g/mol. The first-order chi connectivity index (χ1) is 19.3. The van der Waals surface area contributed by atoms with E-state index in [-0.39, 0.29) is 33.5 Å². The van der Waals surface area contributed by atoms with Crippen LogP contribution in [0.25, 0.3) is 0 Å². The third-order valence-electron chi connectivity index (χ3n) is 6.18. The van der Waals surface area contributed by atoms with Gasteiger partial charge in [0, 0.05) is 12.0 Å². The Hall–Kier alpha value is -3.35. The van der Waals surface area contributed by atoms with E-state index in [1.165, 1.54) is 36.4 Å². The van der Waals surface area contributed by atoms with Crippen molar-refractivity contribution in [2.75, 3.05) is 17.6 Å². The van der Waals surface area contributed by atoms with Gasteiger partial charge in [-0.1, -0.05) is 29.3 Å². The van der Waals surface area contributed by atoms with E-state index in [1.54, 1.807) is 6.92 Å². The van der Waals surface area contributed by atoms with Crippen molar-refractivity contribution in [3.63, 3.8) is 0 Å². The molecule has 0 unspecified atom stereocenters. The molecule has 0 aliphatic heterocycles. The normalized spacial score (nSPS) is 14.0. The van der Waals surface area contributed by atoms with E-state index in [0.717, 1.165) is 31.5 Å². The standard InChI is InChI=1S/C27H26Cl2F2N2O7S/c1-15-9-18(5-7-22(15)32-41(2,36)37)26(34)39-24(11-19-20(28)12-33(35)13-21(19)29)17-6-8-23(40-27(30)31)25(10-17)38-14-16-3-4-16/h5-10,12-13,16,24,27,32H,3-4,11,14H2,1-2H3/t24-/m0/s1. The molecular formula is C27H26Cl2F2N2O7S. The van der Waals surface area contributed by atoms with E-state index in [9.17, 15) is 27.2 Å². The van der Waals surface area contributed by atoms with E-state index >= 15 is 0 Å². The molecule has 1 saturated carbocycles. The SMILES string of the molecule is Cc1cc(C(=O)O[C@@H](Cc2c(Cl)c[n+]([O-])cc2Cl)c2ccc(OC(F)F)c(OCC3CC3)c2)ccc1NS(C)(=O)=O. The number of carbonyl (C=O) groups excluding carboxylic acids is 1. The van der Waals surface area contributed by atoms with Crippen LogP contribution >= 0.6 is 23.2 Å². The van der Waals surface area contributed by atoms with Crippen LogP contribution < -0.4 is 18.9 Å². The second-order valence-electron chi connectivity index (χ2n) is 9.63. The van der Waals surface area contributed by atoms with E-state index in [1.807, 2.05) is 0 Å². The van der Waals surface area contributed by atoms with E-state index in [2.05, 4.69) is 9.46 Å². The van der Waals surface area contributed by atoms with Crippen molar-refractivity contribution in [1.82, 2.24) is 0 Å². The number of pyridine rings is 1. The van der Waals surface area contributed by atoms with Crippen LogP contribution in [-0.2, 0) is 21.2 Å². The molecule has 1 atom stereocenters. The topological polar surface area (TPSA) is 118 Å². The lowest BCUT2D eigenvalue weighted by Gasteiger charge is -2.22. The molecule has 1 heterocycles. The van der Waals surface area contributed by atoms with Crippen molar-refractivity contribution < 1.29 is 40.9 Å². The van der Waals surface area contributed by atoms with Crippen molar-refractivity contribution in [3.8, 4) is 11.5 Å². The smallest absolute Gasteiger partial charge is 0.387 e. The number of benzene rings is 2. The molecule has 1 aliphatic rings. The van der Waals surface area contributed by atoms with Crippen molar-refractivity contribution >= 4 is 44.9 Å². The fourth-order valence-corrected chi connectivity index (χ4v) is 5.19. The summed E-state index contributed by atoms with van der Waals surface area (Å²) in [6, 6.07) is 8.47. The maximum absolute atomic E-state index is 13.3. The molecule has 0 spiro atoms. The Bertz CT molecular complexity index is 1530. The third-order valence-corrected chi connectivity index (χ3v) is 7.42. The van der Waals surface area contributed by atoms with Gasteiger partial charge in [0.25, 0.3) is 0 Å². The zero-order valence-corrected chi connectivity index (χ0v) is 24.2. The summed E-state index contributed by atoms with van der Waals surface area (Å²) >= 11 is 12.6. The number of ether oxygens (including phenoxy) is 3. The van der Waals surface area contributed by atoms with Crippen LogP contribution in [0.1, 0.15) is 46.0 Å². The molecule has 41 heavy (non-hydrogen) atoms. The van der Waals surface area contributed by atoms with Crippen LogP contribution in [0.3, 0.4) is 0 Å². The highest BCUT2D eigenvalue weighted by molar-refractivity contribution is 7.92. The van der Waals surface area contributed by atoms with Gasteiger partial charge in [-0.25, -0.2) is 13.2 Å². The quantitative estimate of drug-likeness (QED) is 0.152. The highest BCUT2D eigenvalue weighted by Gasteiger charge is 2.27. The first-order valence-electron chi connectivity index (χ1n) is 12.4. The summed E-state index contributed by atoms with van der Waals surface area (Å²) in [5.74, 6) is -0.581. The lowest BCUT2D eigenvalue weighted by molar-refractivity contribution is -0.605. The molecule has 2 aromatic carbocycles. The van der Waals surface area contributed by atoms with Crippen molar-refractivity contribution in [2.45, 2.75) is 38.9 Å². The van der Waals surface area contributed by atoms with E-state index < -0.39 is 28.7 Å². The van der Waals surface area contributed by atoms with Crippen molar-refractivity contribution in [1.29, 1.82) is 0 Å². The minimum Gasteiger partial charge on any atom is -0.619 e. The number of alkyl halides is 2. The molecule has 1 aliphatic carbocycles. The number of rotatable bonds is 12. The molecular weight excluding hydrogens is 605 g/mol. The maximum Gasteiger partial charge on any atom is 0.387 e. The predicted octanol–water partition coefficient (Wildman–Crippen LogP) is 5.84. The van der Waals surface area contributed by atoms with Gasteiger partial charge in [-0.2, -0.15) is 13.5 Å². The van der Waals surface area contributed by atoms with E-state index in [4.69, 9.17) is 32.7 Å². The van der Waals surface area contributed by atoms with Gasteiger partial charge < -0.3 is 19.4 Å². The van der Waals surface area contributed by atoms with Gasteiger partial charge in [0.1, 0.15) is 16.1 Å². The molecule has 0 saturated heterocycles. The molecule has 4 rings (SSSR count). The minimum absolute atomic E-state index is 0.0310. The number of aromatic nitrogens is 1. The summed E-state index contributed by atoms with van der Waals surface area (Å²) in [5, 5.41) is 11.8. The van der Waals surface area contributed by atoms with Gasteiger partial charge in [-0.3, -0.25) is 4.72 Å². The fraction of sp³-hybridized carbons (Fsp3) is 0.333. The number of sulfonamides is 1. The number of carbonyl (C=O) groups is 1. The fourth-order valence-electron chi connectivity index (χ4n) is 3.96. The summed E-state index contributed by atoms with van der Waals surface area (Å²) in [5.41, 5.74) is 1.57. The number of hydrogen-bond acceptors (Lipinski definition) is 7. The number of halogens is 4. The Kier molecular flexibility index (Phi) is 9.45. The molecule has 220 valence electrons. The monoisotopic (exact) mass is 630 g/mol. The Labute approximate surface area is 245 Å². The van der Waals surface area contributed by atoms with Crippen LogP contribution in [0, 0.1) is 18.0 Å². The molecule has 0 amide bonds. The lowest BCUT2D eigenvalue weighted by Crippen LogP contribution is -2.25. The van der Waals surface area contributed by atoms with Crippen LogP contribution in [0.15, 0.2) is 48.8 Å². The van der Waals surface area contributed by atoms with Gasteiger partial charge in [0.05, 0.1) is 24.1 Å². The largest absolute Gasteiger partial charge is 0.619 e. The first kappa shape index (κ1) is 30.6. The van der Waals surface area contributed by atoms with Gasteiger partial charge >= 0.3 is 12.6 Å². The number of nitrogens with one attached hydrogen (secondary N) is 1. The summed E-state index contributed by atoms with van der Waals surface area (Å²) in [6.07, 6.45) is 4.01. The average Bonchev–Trinajstić information content (AvgIpc) is 3.69. The van der Waals surface area contributed by atoms with Crippen LogP contribution in [0.4, 0.5) is 14.5 Å². The second kappa shape index (κ2) is 12.7.